The Balaban J connectivity index is 1.57. The van der Waals surface area contributed by atoms with E-state index in [9.17, 15) is 13.9 Å². The molecule has 2 heterocycles. The maximum atomic E-state index is 13.7. The molecule has 7 heteroatoms. The first-order valence-corrected chi connectivity index (χ1v) is 7.51. The van der Waals surface area contributed by atoms with Crippen LogP contribution < -0.4 is 4.90 Å². The highest BCUT2D eigenvalue weighted by Gasteiger charge is 2.22. The Bertz CT molecular complexity index is 648. The Morgan fingerprint density at radius 2 is 1.78 bits per heavy atom. The van der Waals surface area contributed by atoms with Crippen LogP contribution in [0.4, 0.5) is 14.7 Å². The van der Waals surface area contributed by atoms with Gasteiger partial charge in [-0.1, -0.05) is 0 Å². The number of aromatic nitrogens is 2. The third-order valence-electron chi connectivity index (χ3n) is 3.96. The van der Waals surface area contributed by atoms with Gasteiger partial charge in [-0.2, -0.15) is 0 Å². The molecule has 0 saturated carbocycles. The van der Waals surface area contributed by atoms with Gasteiger partial charge in [0.25, 0.3) is 0 Å². The summed E-state index contributed by atoms with van der Waals surface area (Å²) in [6, 6.07) is 4.90. The Morgan fingerprint density at radius 3 is 2.48 bits per heavy atom. The number of rotatable bonds is 4. The third-order valence-corrected chi connectivity index (χ3v) is 3.96. The normalized spacial score (nSPS) is 17.3. The van der Waals surface area contributed by atoms with Gasteiger partial charge in [-0.05, 0) is 24.3 Å². The zero-order valence-electron chi connectivity index (χ0n) is 12.6. The summed E-state index contributed by atoms with van der Waals surface area (Å²) in [6.45, 7) is 3.12. The van der Waals surface area contributed by atoms with Gasteiger partial charge in [0.2, 0.25) is 5.95 Å². The molecule has 0 spiro atoms. The van der Waals surface area contributed by atoms with E-state index < -0.39 is 17.7 Å². The third kappa shape index (κ3) is 3.80. The van der Waals surface area contributed by atoms with E-state index in [0.717, 1.165) is 31.3 Å². The van der Waals surface area contributed by atoms with Crippen molar-refractivity contribution in [3.05, 3.63) is 53.9 Å². The molecule has 1 saturated heterocycles. The van der Waals surface area contributed by atoms with E-state index in [1.807, 2.05) is 4.90 Å². The first-order chi connectivity index (χ1) is 11.1. The first-order valence-electron chi connectivity index (χ1n) is 7.51. The molecule has 5 nitrogen and oxygen atoms in total. The number of piperazine rings is 1. The topological polar surface area (TPSA) is 52.5 Å². The highest BCUT2D eigenvalue weighted by atomic mass is 19.1. The molecule has 23 heavy (non-hydrogen) atoms. The number of benzene rings is 1. The van der Waals surface area contributed by atoms with Crippen LogP contribution in [-0.4, -0.2) is 52.7 Å². The largest absolute Gasteiger partial charge is 0.387 e. The summed E-state index contributed by atoms with van der Waals surface area (Å²) in [4.78, 5) is 12.5. The van der Waals surface area contributed by atoms with E-state index in [1.165, 1.54) is 0 Å². The second kappa shape index (κ2) is 6.97. The van der Waals surface area contributed by atoms with E-state index in [4.69, 9.17) is 0 Å². The number of hydrogen-bond acceptors (Lipinski definition) is 5. The lowest BCUT2D eigenvalue weighted by Crippen LogP contribution is -2.48. The van der Waals surface area contributed by atoms with E-state index in [1.54, 1.807) is 18.5 Å². The van der Waals surface area contributed by atoms with Crippen LogP contribution in [0.15, 0.2) is 36.7 Å². The molecule has 0 amide bonds. The molecular weight excluding hydrogens is 302 g/mol. The predicted octanol–water partition coefficient (Wildman–Crippen LogP) is 1.61. The average Bonchev–Trinajstić information content (AvgIpc) is 2.58. The molecular formula is C16H18F2N4O. The van der Waals surface area contributed by atoms with Gasteiger partial charge in [-0.15, -0.1) is 0 Å². The second-order valence-electron chi connectivity index (χ2n) is 5.52. The van der Waals surface area contributed by atoms with Crippen molar-refractivity contribution in [2.24, 2.45) is 0 Å². The summed E-state index contributed by atoms with van der Waals surface area (Å²) in [5.74, 6) is -0.453. The van der Waals surface area contributed by atoms with Crippen LogP contribution in [0, 0.1) is 11.6 Å². The molecule has 1 aromatic carbocycles. The van der Waals surface area contributed by atoms with Crippen molar-refractivity contribution in [3.8, 4) is 0 Å². The van der Waals surface area contributed by atoms with Gasteiger partial charge < -0.3 is 10.0 Å². The average molecular weight is 320 g/mol. The molecule has 1 aliphatic rings. The Kier molecular flexibility index (Phi) is 4.78. The molecule has 0 bridgehead atoms. The Labute approximate surface area is 133 Å². The number of aliphatic hydroxyl groups is 1. The number of aliphatic hydroxyl groups excluding tert-OH is 1. The minimum absolute atomic E-state index is 0.00109. The van der Waals surface area contributed by atoms with Crippen molar-refractivity contribution >= 4 is 5.95 Å². The standard InChI is InChI=1S/C16H18F2N4O/c17-12-2-3-14(18)13(10-12)15(23)11-21-6-8-22(9-7-21)16-19-4-1-5-20-16/h1-5,10,15,23H,6-9,11H2. The molecule has 2 aromatic rings. The summed E-state index contributed by atoms with van der Waals surface area (Å²) in [6.07, 6.45) is 2.35. The fourth-order valence-corrected chi connectivity index (χ4v) is 2.70. The fourth-order valence-electron chi connectivity index (χ4n) is 2.70. The van der Waals surface area contributed by atoms with Gasteiger partial charge in [0.05, 0.1) is 6.10 Å². The molecule has 1 unspecified atom stereocenters. The number of halogens is 2. The zero-order valence-corrected chi connectivity index (χ0v) is 12.6. The molecule has 0 radical (unpaired) electrons. The summed E-state index contributed by atoms with van der Waals surface area (Å²) < 4.78 is 26.9. The monoisotopic (exact) mass is 320 g/mol. The van der Waals surface area contributed by atoms with E-state index >= 15 is 0 Å². The minimum Gasteiger partial charge on any atom is -0.387 e. The van der Waals surface area contributed by atoms with Crippen molar-refractivity contribution in [2.75, 3.05) is 37.6 Å². The van der Waals surface area contributed by atoms with Crippen molar-refractivity contribution in [2.45, 2.75) is 6.10 Å². The molecule has 1 aromatic heterocycles. The number of hydrogen-bond donors (Lipinski definition) is 1. The van der Waals surface area contributed by atoms with Crippen molar-refractivity contribution in [3.63, 3.8) is 0 Å². The summed E-state index contributed by atoms with van der Waals surface area (Å²) in [7, 11) is 0. The molecule has 3 rings (SSSR count). The van der Waals surface area contributed by atoms with E-state index in [-0.39, 0.29) is 12.1 Å². The van der Waals surface area contributed by atoms with Crippen LogP contribution >= 0.6 is 0 Å². The van der Waals surface area contributed by atoms with Crippen LogP contribution in [-0.2, 0) is 0 Å². The quantitative estimate of drug-likeness (QED) is 0.927. The fraction of sp³-hybridized carbons (Fsp3) is 0.375. The predicted molar refractivity (Wildman–Crippen MR) is 82.0 cm³/mol. The lowest BCUT2D eigenvalue weighted by Gasteiger charge is -2.35. The summed E-state index contributed by atoms with van der Waals surface area (Å²) >= 11 is 0. The lowest BCUT2D eigenvalue weighted by atomic mass is 10.1. The van der Waals surface area contributed by atoms with Gasteiger partial charge in [-0.3, -0.25) is 4.90 Å². The van der Waals surface area contributed by atoms with Crippen molar-refractivity contribution in [1.29, 1.82) is 0 Å². The molecule has 1 aliphatic heterocycles. The molecule has 1 fully saturated rings. The van der Waals surface area contributed by atoms with Gasteiger partial charge in [0.1, 0.15) is 11.6 Å². The number of β-amino-alcohol motifs (C(OH)–C–C–N with tert-alkyl or cyclic N) is 1. The molecule has 1 N–H and O–H groups in total. The van der Waals surface area contributed by atoms with Crippen LogP contribution in [0.25, 0.3) is 0 Å². The summed E-state index contributed by atoms with van der Waals surface area (Å²) in [5, 5.41) is 10.2. The second-order valence-corrected chi connectivity index (χ2v) is 5.52. The van der Waals surface area contributed by atoms with E-state index in [2.05, 4.69) is 14.9 Å². The van der Waals surface area contributed by atoms with Gasteiger partial charge in [-0.25, -0.2) is 18.7 Å². The smallest absolute Gasteiger partial charge is 0.225 e. The lowest BCUT2D eigenvalue weighted by molar-refractivity contribution is 0.106. The first kappa shape index (κ1) is 15.8. The molecule has 122 valence electrons. The number of nitrogens with zero attached hydrogens (tertiary/aromatic N) is 4. The molecule has 0 aliphatic carbocycles. The van der Waals surface area contributed by atoms with Crippen LogP contribution in [0.1, 0.15) is 11.7 Å². The zero-order chi connectivity index (χ0) is 16.2. The van der Waals surface area contributed by atoms with Crippen molar-refractivity contribution < 1.29 is 13.9 Å². The van der Waals surface area contributed by atoms with Gasteiger partial charge >= 0.3 is 0 Å². The van der Waals surface area contributed by atoms with Crippen LogP contribution in [0.3, 0.4) is 0 Å². The number of anilines is 1. The van der Waals surface area contributed by atoms with Crippen LogP contribution in [0.2, 0.25) is 0 Å². The molecule has 1 atom stereocenters. The van der Waals surface area contributed by atoms with Gasteiger partial charge in [0, 0.05) is 50.7 Å². The van der Waals surface area contributed by atoms with Crippen LogP contribution in [0.5, 0.6) is 0 Å². The maximum Gasteiger partial charge on any atom is 0.225 e. The van der Waals surface area contributed by atoms with Crippen molar-refractivity contribution in [1.82, 2.24) is 14.9 Å². The minimum atomic E-state index is -1.05. The highest BCUT2D eigenvalue weighted by Crippen LogP contribution is 2.20. The SMILES string of the molecule is OC(CN1CCN(c2ncccn2)CC1)c1cc(F)ccc1F. The van der Waals surface area contributed by atoms with E-state index in [0.29, 0.717) is 19.0 Å². The Hall–Kier alpha value is -2.12. The summed E-state index contributed by atoms with van der Waals surface area (Å²) in [5.41, 5.74) is -0.00109. The highest BCUT2D eigenvalue weighted by molar-refractivity contribution is 5.29. The Morgan fingerprint density at radius 1 is 1.09 bits per heavy atom. The van der Waals surface area contributed by atoms with Gasteiger partial charge in [0.15, 0.2) is 0 Å². The maximum absolute atomic E-state index is 13.7.